The fourth-order valence-electron chi connectivity index (χ4n) is 2.54. The highest BCUT2D eigenvalue weighted by atomic mass is 35.5. The van der Waals surface area contributed by atoms with E-state index in [-0.39, 0.29) is 16.8 Å². The lowest BCUT2D eigenvalue weighted by molar-refractivity contribution is -0.384. The van der Waals surface area contributed by atoms with Gasteiger partial charge in [0.15, 0.2) is 0 Å². The first-order chi connectivity index (χ1) is 9.50. The van der Waals surface area contributed by atoms with E-state index in [0.29, 0.717) is 10.7 Å². The predicted molar refractivity (Wildman–Crippen MR) is 82.0 cm³/mol. The Balaban J connectivity index is 2.34. The van der Waals surface area contributed by atoms with Crippen molar-refractivity contribution in [2.24, 2.45) is 0 Å². The number of hydrogen-bond donors (Lipinski definition) is 1. The summed E-state index contributed by atoms with van der Waals surface area (Å²) in [6.45, 7) is 1.91. The van der Waals surface area contributed by atoms with E-state index in [1.807, 2.05) is 11.9 Å². The molecule has 0 bridgehead atoms. The van der Waals surface area contributed by atoms with Crippen molar-refractivity contribution >= 4 is 34.6 Å². The Kier molecular flexibility index (Phi) is 5.07. The van der Waals surface area contributed by atoms with E-state index < -0.39 is 4.92 Å². The molecule has 7 heteroatoms. The Bertz CT molecular complexity index is 503. The second kappa shape index (κ2) is 6.61. The molecule has 1 aromatic rings. The fraction of sp³-hybridized carbons (Fsp3) is 0.538. The van der Waals surface area contributed by atoms with Crippen LogP contribution in [0.4, 0.5) is 11.4 Å². The number of nitrogens with zero attached hydrogens (tertiary/aromatic N) is 2. The van der Waals surface area contributed by atoms with Gasteiger partial charge in [-0.1, -0.05) is 23.2 Å². The summed E-state index contributed by atoms with van der Waals surface area (Å²) in [6.07, 6.45) is 3.01. The zero-order chi connectivity index (χ0) is 14.7. The van der Waals surface area contributed by atoms with Crippen LogP contribution in [-0.4, -0.2) is 31.1 Å². The molecule has 1 aliphatic rings. The molecule has 0 spiro atoms. The second-order valence-corrected chi connectivity index (χ2v) is 5.77. The van der Waals surface area contributed by atoms with Crippen LogP contribution >= 0.6 is 23.2 Å². The molecule has 0 saturated carbocycles. The molecular formula is C13H17Cl2N3O2. The summed E-state index contributed by atoms with van der Waals surface area (Å²) in [7, 11) is 1.88. The zero-order valence-corrected chi connectivity index (χ0v) is 12.7. The SMILES string of the molecule is CN(c1cc(Cl)c(Cl)cc1[N+](=O)[O-])C1CCCNCC1. The van der Waals surface area contributed by atoms with E-state index in [2.05, 4.69) is 5.32 Å². The minimum Gasteiger partial charge on any atom is -0.366 e. The van der Waals surface area contributed by atoms with Crippen LogP contribution in [0.25, 0.3) is 0 Å². The number of hydrogen-bond acceptors (Lipinski definition) is 4. The van der Waals surface area contributed by atoms with Gasteiger partial charge in [-0.2, -0.15) is 0 Å². The maximum absolute atomic E-state index is 11.2. The van der Waals surface area contributed by atoms with Crippen LogP contribution in [0, 0.1) is 10.1 Å². The van der Waals surface area contributed by atoms with Gasteiger partial charge in [-0.15, -0.1) is 0 Å². The molecule has 0 radical (unpaired) electrons. The van der Waals surface area contributed by atoms with Crippen LogP contribution in [0.1, 0.15) is 19.3 Å². The van der Waals surface area contributed by atoms with E-state index in [1.165, 1.54) is 6.07 Å². The van der Waals surface area contributed by atoms with Crippen molar-refractivity contribution in [1.82, 2.24) is 5.32 Å². The number of benzene rings is 1. The van der Waals surface area contributed by atoms with E-state index in [4.69, 9.17) is 23.2 Å². The van der Waals surface area contributed by atoms with Crippen LogP contribution in [0.15, 0.2) is 12.1 Å². The summed E-state index contributed by atoms with van der Waals surface area (Å²) < 4.78 is 0. The van der Waals surface area contributed by atoms with Crippen LogP contribution in [0.3, 0.4) is 0 Å². The molecule has 0 aromatic heterocycles. The summed E-state index contributed by atoms with van der Waals surface area (Å²) in [5, 5.41) is 15.1. The number of nitro groups is 1. The highest BCUT2D eigenvalue weighted by Gasteiger charge is 2.25. The quantitative estimate of drug-likeness (QED) is 0.685. The molecule has 1 fully saturated rings. The lowest BCUT2D eigenvalue weighted by Crippen LogP contribution is -2.32. The van der Waals surface area contributed by atoms with Crippen LogP contribution in [0.2, 0.25) is 10.0 Å². The van der Waals surface area contributed by atoms with Gasteiger partial charge in [0.2, 0.25) is 0 Å². The normalized spacial score (nSPS) is 19.4. The molecule has 2 rings (SSSR count). The van der Waals surface area contributed by atoms with Crippen LogP contribution in [-0.2, 0) is 0 Å². The van der Waals surface area contributed by atoms with Crippen LogP contribution in [0.5, 0.6) is 0 Å². The molecule has 5 nitrogen and oxygen atoms in total. The molecule has 1 heterocycles. The Morgan fingerprint density at radius 3 is 2.70 bits per heavy atom. The van der Waals surface area contributed by atoms with Gasteiger partial charge < -0.3 is 10.2 Å². The van der Waals surface area contributed by atoms with E-state index >= 15 is 0 Å². The summed E-state index contributed by atoms with van der Waals surface area (Å²) in [5.74, 6) is 0. The summed E-state index contributed by atoms with van der Waals surface area (Å²) in [6, 6.07) is 3.17. The average Bonchev–Trinajstić information content (AvgIpc) is 2.69. The van der Waals surface area contributed by atoms with E-state index in [0.717, 1.165) is 32.4 Å². The molecule has 1 unspecified atom stereocenters. The Hall–Kier alpha value is -1.04. The zero-order valence-electron chi connectivity index (χ0n) is 11.2. The first kappa shape index (κ1) is 15.4. The van der Waals surface area contributed by atoms with Crippen molar-refractivity contribution in [1.29, 1.82) is 0 Å². The molecule has 1 saturated heterocycles. The number of nitro benzene ring substituents is 1. The van der Waals surface area contributed by atoms with Crippen molar-refractivity contribution < 1.29 is 4.92 Å². The van der Waals surface area contributed by atoms with Crippen molar-refractivity contribution in [3.63, 3.8) is 0 Å². The van der Waals surface area contributed by atoms with E-state index in [9.17, 15) is 10.1 Å². The average molecular weight is 318 g/mol. The third-order valence-electron chi connectivity index (χ3n) is 3.69. The third-order valence-corrected chi connectivity index (χ3v) is 4.41. The molecule has 110 valence electrons. The first-order valence-corrected chi connectivity index (χ1v) is 7.33. The van der Waals surface area contributed by atoms with Crippen LogP contribution < -0.4 is 10.2 Å². The minimum absolute atomic E-state index is 0.000828. The molecule has 20 heavy (non-hydrogen) atoms. The molecule has 1 N–H and O–H groups in total. The molecular weight excluding hydrogens is 301 g/mol. The van der Waals surface area contributed by atoms with Gasteiger partial charge in [0.05, 0.1) is 15.0 Å². The molecule has 1 aromatic carbocycles. The highest BCUT2D eigenvalue weighted by Crippen LogP contribution is 2.37. The Morgan fingerprint density at radius 2 is 2.00 bits per heavy atom. The Labute approximate surface area is 128 Å². The van der Waals surface area contributed by atoms with E-state index in [1.54, 1.807) is 6.07 Å². The number of nitrogens with one attached hydrogen (secondary N) is 1. The van der Waals surface area contributed by atoms with Crippen molar-refractivity contribution in [3.8, 4) is 0 Å². The third kappa shape index (κ3) is 3.34. The van der Waals surface area contributed by atoms with Crippen molar-refractivity contribution in [3.05, 3.63) is 32.3 Å². The lowest BCUT2D eigenvalue weighted by atomic mass is 10.1. The van der Waals surface area contributed by atoms with Gasteiger partial charge in [0.25, 0.3) is 5.69 Å². The highest BCUT2D eigenvalue weighted by molar-refractivity contribution is 6.42. The topological polar surface area (TPSA) is 58.4 Å². The molecule has 1 aliphatic heterocycles. The smallest absolute Gasteiger partial charge is 0.294 e. The Morgan fingerprint density at radius 1 is 1.30 bits per heavy atom. The molecule has 0 aliphatic carbocycles. The maximum Gasteiger partial charge on any atom is 0.294 e. The fourth-order valence-corrected chi connectivity index (χ4v) is 2.86. The number of halogens is 2. The minimum atomic E-state index is -0.414. The first-order valence-electron chi connectivity index (χ1n) is 6.57. The van der Waals surface area contributed by atoms with Crippen molar-refractivity contribution in [2.45, 2.75) is 25.3 Å². The summed E-state index contributed by atoms with van der Waals surface area (Å²) >= 11 is 11.9. The van der Waals surface area contributed by atoms with Gasteiger partial charge in [-0.25, -0.2) is 0 Å². The monoisotopic (exact) mass is 317 g/mol. The van der Waals surface area contributed by atoms with Gasteiger partial charge in [-0.05, 0) is 38.4 Å². The van der Waals surface area contributed by atoms with Gasteiger partial charge >= 0.3 is 0 Å². The molecule has 0 amide bonds. The summed E-state index contributed by atoms with van der Waals surface area (Å²) in [4.78, 5) is 12.7. The largest absolute Gasteiger partial charge is 0.366 e. The number of rotatable bonds is 3. The number of anilines is 1. The summed E-state index contributed by atoms with van der Waals surface area (Å²) in [5.41, 5.74) is 0.524. The standard InChI is InChI=1S/C13H17Cl2N3O2/c1-17(9-3-2-5-16-6-4-9)12-7-10(14)11(15)8-13(12)18(19)20/h7-9,16H,2-6H2,1H3. The van der Waals surface area contributed by atoms with Gasteiger partial charge in [-0.3, -0.25) is 10.1 Å². The molecule has 1 atom stereocenters. The van der Waals surface area contributed by atoms with Crippen molar-refractivity contribution in [2.75, 3.05) is 25.0 Å². The lowest BCUT2D eigenvalue weighted by Gasteiger charge is -2.29. The maximum atomic E-state index is 11.2. The van der Waals surface area contributed by atoms with Gasteiger partial charge in [0.1, 0.15) is 5.69 Å². The van der Waals surface area contributed by atoms with Gasteiger partial charge in [0, 0.05) is 19.2 Å². The predicted octanol–water partition coefficient (Wildman–Crippen LogP) is 3.48. The second-order valence-electron chi connectivity index (χ2n) is 4.96.